The van der Waals surface area contributed by atoms with E-state index in [1.165, 1.54) is 16.7 Å². The summed E-state index contributed by atoms with van der Waals surface area (Å²) < 4.78 is 6.03. The van der Waals surface area contributed by atoms with Crippen LogP contribution in [0.1, 0.15) is 109 Å². The van der Waals surface area contributed by atoms with Crippen LogP contribution in [0, 0.1) is 84.0 Å². The lowest BCUT2D eigenvalue weighted by Gasteiger charge is -2.38. The number of hydrogen-bond donors (Lipinski definition) is 3. The largest absolute Gasteiger partial charge is 0.356 e. The molecule has 9 aromatic rings. The first-order valence-electron chi connectivity index (χ1n) is 37.1. The number of nitrogens with one attached hydrogen (secondary N) is 3. The van der Waals surface area contributed by atoms with Gasteiger partial charge in [0.25, 0.3) is 0 Å². The summed E-state index contributed by atoms with van der Waals surface area (Å²) in [6.07, 6.45) is 7.96. The molecule has 0 bridgehead atoms. The molecule has 0 radical (unpaired) electrons. The van der Waals surface area contributed by atoms with Gasteiger partial charge in [0.15, 0.2) is 17.5 Å². The van der Waals surface area contributed by atoms with Crippen molar-refractivity contribution >= 4 is 67.9 Å². The van der Waals surface area contributed by atoms with Gasteiger partial charge in [-0.1, -0.05) is 48.9 Å². The first-order chi connectivity index (χ1) is 49.1. The standard InChI is InChI=1S/C78H107N21O3/c1-49-18-28-61(29-19-49)97-54(6)68-52(4)83-86-74(71(68)89-97)95-44-35-65(77(101)80-38-16-41-92(11)12)59(47-95)26-21-58-24-32-63(33-25-58)99-56(8)69-53(5)84-87-75(72(69)90-99)96-45-36-66(78(102)81-39-17-42-93(13)14)60(48-96)27-20-57-22-30-62(31-23-57)98-55(7)67-51(3)82-85-73(70(67)88-98)94-43-34-64(50(2)46-94)76(100)79-37-15-40-91(9)10/h18-19,22-25,28-33,50,59-60,64-66H,15-17,20-21,26-27,34-48H2,1-14H3,(H,79,100)(H,80,101)(H,81,102)/t50?,59-,60+,64?,65+,66-/m0/s1. The number of carbonyl (C=O) groups is 3. The molecule has 3 N–H and O–H groups in total. The molecule has 0 aliphatic carbocycles. The van der Waals surface area contributed by atoms with E-state index in [1.807, 2.05) is 34.8 Å². The van der Waals surface area contributed by atoms with E-state index in [2.05, 4.69) is 200 Å². The fourth-order valence-corrected chi connectivity index (χ4v) is 16.0. The van der Waals surface area contributed by atoms with E-state index in [-0.39, 0.29) is 53.2 Å². The molecule has 3 aliphatic heterocycles. The molecule has 542 valence electrons. The molecule has 2 unspecified atom stereocenters. The maximum absolute atomic E-state index is 14.3. The summed E-state index contributed by atoms with van der Waals surface area (Å²) in [7, 11) is 12.3. The first kappa shape index (κ1) is 72.8. The molecule has 3 aromatic carbocycles. The molecular weight excluding hydrogens is 1280 g/mol. The molecule has 102 heavy (non-hydrogen) atoms. The van der Waals surface area contributed by atoms with Gasteiger partial charge in [0.2, 0.25) is 17.7 Å². The number of piperidine rings is 3. The summed E-state index contributed by atoms with van der Waals surface area (Å²) in [4.78, 5) is 55.1. The Labute approximate surface area is 601 Å². The van der Waals surface area contributed by atoms with E-state index in [1.54, 1.807) is 0 Å². The zero-order valence-electron chi connectivity index (χ0n) is 62.7. The topological polar surface area (TPSA) is 238 Å². The molecule has 9 heterocycles. The van der Waals surface area contributed by atoms with E-state index >= 15 is 0 Å². The third kappa shape index (κ3) is 16.1. The first-order valence-corrected chi connectivity index (χ1v) is 37.1. The van der Waals surface area contributed by atoms with Gasteiger partial charge in [-0.05, 0) is 240 Å². The van der Waals surface area contributed by atoms with Crippen molar-refractivity contribution in [3.8, 4) is 17.1 Å². The minimum absolute atomic E-state index is 0.0247. The van der Waals surface area contributed by atoms with E-state index in [9.17, 15) is 14.4 Å². The second kappa shape index (κ2) is 32.1. The SMILES string of the molecule is Cc1ccc(-n2nc3c(N4CC[C@@H](C(=O)NCCCN(C)C)[C@@H](CCc5ccc(-n6nc7c(N8CC[C@H](C(=O)NCCCN(C)C)[C@H](CCc9ccc(-n%10nc%11c(N%12CCC(C(=O)NCCCN(C)C)C(C)C%12)nnc(C)c%11c%10C)cc9)C8)nnc(C)c7c6C)cc5)C4)nnc(C)c3c2C)cc1. The molecular formula is C78H107N21O3. The van der Waals surface area contributed by atoms with Crippen molar-refractivity contribution in [3.63, 3.8) is 0 Å². The van der Waals surface area contributed by atoms with Crippen LogP contribution in [0.25, 0.3) is 49.8 Å². The van der Waals surface area contributed by atoms with Gasteiger partial charge in [-0.15, -0.1) is 15.3 Å². The Bertz CT molecular complexity index is 4410. The van der Waals surface area contributed by atoms with Crippen molar-refractivity contribution in [2.45, 2.75) is 120 Å². The van der Waals surface area contributed by atoms with Crippen molar-refractivity contribution in [3.05, 3.63) is 124 Å². The Morgan fingerprint density at radius 1 is 0.422 bits per heavy atom. The number of amides is 3. The molecule has 3 amide bonds. The van der Waals surface area contributed by atoms with Crippen molar-refractivity contribution in [1.29, 1.82) is 0 Å². The molecule has 3 aliphatic rings. The third-order valence-corrected chi connectivity index (χ3v) is 21.7. The minimum atomic E-state index is -0.175. The van der Waals surface area contributed by atoms with Crippen LogP contribution in [-0.2, 0) is 27.2 Å². The maximum atomic E-state index is 14.3. The van der Waals surface area contributed by atoms with Crippen LogP contribution in [0.4, 0.5) is 17.5 Å². The van der Waals surface area contributed by atoms with E-state index < -0.39 is 0 Å². The zero-order valence-corrected chi connectivity index (χ0v) is 62.7. The van der Waals surface area contributed by atoms with Crippen molar-refractivity contribution < 1.29 is 14.4 Å². The summed E-state index contributed by atoms with van der Waals surface area (Å²) in [5, 5.41) is 57.2. The fourth-order valence-electron chi connectivity index (χ4n) is 16.0. The fraction of sp³-hybridized carbons (Fsp3) is 0.538. The van der Waals surface area contributed by atoms with Crippen LogP contribution >= 0.6 is 0 Å². The second-order valence-corrected chi connectivity index (χ2v) is 30.1. The number of anilines is 3. The van der Waals surface area contributed by atoms with Gasteiger partial charge in [0, 0.05) is 76.7 Å². The number of aryl methyl sites for hydroxylation is 9. The highest BCUT2D eigenvalue weighted by atomic mass is 16.2. The average Bonchev–Trinajstić information content (AvgIpc) is 1.61. The summed E-state index contributed by atoms with van der Waals surface area (Å²) in [5.41, 5.74) is 14.4. The van der Waals surface area contributed by atoms with E-state index in [0.717, 1.165) is 172 Å². The van der Waals surface area contributed by atoms with Crippen LogP contribution in [-0.4, -0.2) is 213 Å². The van der Waals surface area contributed by atoms with Crippen molar-refractivity contribution in [2.24, 2.45) is 35.5 Å². The van der Waals surface area contributed by atoms with Gasteiger partial charge in [-0.2, -0.15) is 30.6 Å². The lowest BCUT2D eigenvalue weighted by Crippen LogP contribution is -2.47. The Balaban J connectivity index is 0.742. The Kier molecular flexibility index (Phi) is 22.9. The molecule has 0 spiro atoms. The van der Waals surface area contributed by atoms with Crippen LogP contribution in [0.15, 0.2) is 72.8 Å². The number of aromatic nitrogens is 12. The van der Waals surface area contributed by atoms with Crippen LogP contribution in [0.5, 0.6) is 0 Å². The van der Waals surface area contributed by atoms with Gasteiger partial charge in [0.1, 0.15) is 16.6 Å². The Morgan fingerprint density at radius 3 is 1.07 bits per heavy atom. The lowest BCUT2D eigenvalue weighted by atomic mass is 9.81. The highest BCUT2D eigenvalue weighted by molar-refractivity contribution is 5.95. The van der Waals surface area contributed by atoms with Gasteiger partial charge in [0.05, 0.1) is 67.4 Å². The van der Waals surface area contributed by atoms with Gasteiger partial charge < -0.3 is 45.3 Å². The number of fused-ring (bicyclic) bond motifs is 3. The van der Waals surface area contributed by atoms with Crippen LogP contribution in [0.3, 0.4) is 0 Å². The molecule has 6 aromatic heterocycles. The van der Waals surface area contributed by atoms with E-state index in [4.69, 9.17) is 40.8 Å². The van der Waals surface area contributed by atoms with Gasteiger partial charge in [-0.25, -0.2) is 14.0 Å². The van der Waals surface area contributed by atoms with Gasteiger partial charge in [-0.3, -0.25) is 14.4 Å². The summed E-state index contributed by atoms with van der Waals surface area (Å²) in [6, 6.07) is 25.8. The lowest BCUT2D eigenvalue weighted by molar-refractivity contribution is -0.128. The number of nitrogens with zero attached hydrogens (tertiary/aromatic N) is 18. The number of carbonyl (C=O) groups excluding carboxylic acids is 3. The quantitative estimate of drug-likeness (QED) is 0.0407. The summed E-state index contributed by atoms with van der Waals surface area (Å²) >= 11 is 0. The van der Waals surface area contributed by atoms with Crippen molar-refractivity contribution in [2.75, 3.05) is 136 Å². The molecule has 24 nitrogen and oxygen atoms in total. The summed E-state index contributed by atoms with van der Waals surface area (Å²) in [6.45, 7) is 25.2. The average molecular weight is 1390 g/mol. The van der Waals surface area contributed by atoms with Crippen molar-refractivity contribution in [1.82, 2.24) is 90.6 Å². The molecule has 3 saturated heterocycles. The molecule has 6 atom stereocenters. The predicted molar refractivity (Wildman–Crippen MR) is 405 cm³/mol. The number of hydrogen-bond acceptors (Lipinski definition) is 18. The Hall–Kier alpha value is -9.00. The monoisotopic (exact) mass is 1390 g/mol. The van der Waals surface area contributed by atoms with Crippen LogP contribution < -0.4 is 30.7 Å². The molecule has 3 fully saturated rings. The predicted octanol–water partition coefficient (Wildman–Crippen LogP) is 9.05. The molecule has 24 heteroatoms. The van der Waals surface area contributed by atoms with E-state index in [0.29, 0.717) is 71.7 Å². The minimum Gasteiger partial charge on any atom is -0.356 e. The van der Waals surface area contributed by atoms with Gasteiger partial charge >= 0.3 is 0 Å². The Morgan fingerprint density at radius 2 is 0.735 bits per heavy atom. The number of benzene rings is 3. The highest BCUT2D eigenvalue weighted by Crippen LogP contribution is 2.39. The summed E-state index contributed by atoms with van der Waals surface area (Å²) in [5.74, 6) is 2.46. The highest BCUT2D eigenvalue weighted by Gasteiger charge is 2.39. The normalized spacial score (nSPS) is 19.0. The molecule has 0 saturated carbocycles. The smallest absolute Gasteiger partial charge is 0.223 e. The molecule has 12 rings (SSSR count). The number of rotatable bonds is 27. The maximum Gasteiger partial charge on any atom is 0.223 e. The van der Waals surface area contributed by atoms with Crippen LogP contribution in [0.2, 0.25) is 0 Å². The third-order valence-electron chi connectivity index (χ3n) is 21.7. The zero-order chi connectivity index (χ0) is 72.0. The second-order valence-electron chi connectivity index (χ2n) is 30.1.